The normalized spacial score (nSPS) is 18.2. The Morgan fingerprint density at radius 2 is 1.66 bits per heavy atom. The van der Waals surface area contributed by atoms with Crippen LogP contribution in [-0.4, -0.2) is 76.4 Å². The molecule has 188 valence electrons. The van der Waals surface area contributed by atoms with Gasteiger partial charge in [0.25, 0.3) is 0 Å². The maximum absolute atomic E-state index is 5.86. The average Bonchev–Trinajstić information content (AvgIpc) is 3.58. The lowest BCUT2D eigenvalue weighted by Crippen LogP contribution is -2.51. The molecule has 1 saturated carbocycles. The van der Waals surface area contributed by atoms with Gasteiger partial charge in [-0.05, 0) is 34.9 Å². The maximum atomic E-state index is 5.86. The van der Waals surface area contributed by atoms with Gasteiger partial charge < -0.3 is 9.47 Å². The summed E-state index contributed by atoms with van der Waals surface area (Å²) >= 11 is 0. The summed E-state index contributed by atoms with van der Waals surface area (Å²) in [5.74, 6) is 2.28. The first-order chi connectivity index (χ1) is 16.8. The van der Waals surface area contributed by atoms with Crippen LogP contribution in [0.4, 0.5) is 0 Å². The molecule has 2 heterocycles. The standard InChI is InChI=1S/C26H34N6O2.ClH/c1-33-23-14-8-13-22(25(23)34-2)24(31-17-15-30(16-18-31)21-11-6-7-12-21)26-27-28-29-32(26)19-20-9-4-3-5-10-20;/h3-5,8-10,13-14,21,24H,6-7,11-12,15-19H2,1-2H3;1H. The van der Waals surface area contributed by atoms with E-state index in [1.165, 1.54) is 31.2 Å². The molecule has 9 heteroatoms. The maximum Gasteiger partial charge on any atom is 0.173 e. The third kappa shape index (κ3) is 5.44. The van der Waals surface area contributed by atoms with Gasteiger partial charge in [0.15, 0.2) is 17.3 Å². The number of aromatic nitrogens is 4. The summed E-state index contributed by atoms with van der Waals surface area (Å²) in [6, 6.07) is 17.0. The summed E-state index contributed by atoms with van der Waals surface area (Å²) in [5, 5.41) is 13.0. The number of benzene rings is 2. The van der Waals surface area contributed by atoms with Gasteiger partial charge >= 0.3 is 0 Å². The van der Waals surface area contributed by atoms with E-state index >= 15 is 0 Å². The first kappa shape index (κ1) is 25.4. The second kappa shape index (κ2) is 11.8. The van der Waals surface area contributed by atoms with E-state index in [1.807, 2.05) is 35.0 Å². The molecule has 0 amide bonds. The number of piperazine rings is 1. The van der Waals surface area contributed by atoms with Crippen LogP contribution in [0.2, 0.25) is 0 Å². The zero-order valence-corrected chi connectivity index (χ0v) is 21.4. The molecular weight excluding hydrogens is 464 g/mol. The van der Waals surface area contributed by atoms with Crippen LogP contribution in [0.1, 0.15) is 48.7 Å². The van der Waals surface area contributed by atoms with Crippen molar-refractivity contribution in [3.05, 3.63) is 65.5 Å². The molecule has 8 nitrogen and oxygen atoms in total. The number of rotatable bonds is 8. The topological polar surface area (TPSA) is 68.5 Å². The van der Waals surface area contributed by atoms with Crippen LogP contribution in [0, 0.1) is 0 Å². The van der Waals surface area contributed by atoms with Gasteiger partial charge in [0.1, 0.15) is 6.04 Å². The Kier molecular flexibility index (Phi) is 8.59. The van der Waals surface area contributed by atoms with E-state index < -0.39 is 0 Å². The Hall–Kier alpha value is -2.68. The summed E-state index contributed by atoms with van der Waals surface area (Å²) in [6.07, 6.45) is 5.40. The lowest BCUT2D eigenvalue weighted by atomic mass is 10.0. The molecule has 1 aliphatic heterocycles. The van der Waals surface area contributed by atoms with Crippen LogP contribution in [-0.2, 0) is 6.54 Å². The summed E-state index contributed by atoms with van der Waals surface area (Å²) in [7, 11) is 3.37. The SMILES string of the molecule is COc1cccc(C(c2nnnn2Cc2ccccc2)N2CCN(C3CCCC3)CC2)c1OC.Cl. The molecule has 1 saturated heterocycles. The zero-order chi connectivity index (χ0) is 23.3. The van der Waals surface area contributed by atoms with Crippen molar-refractivity contribution in [2.24, 2.45) is 0 Å². The van der Waals surface area contributed by atoms with Crippen LogP contribution < -0.4 is 9.47 Å². The van der Waals surface area contributed by atoms with E-state index in [0.717, 1.165) is 55.1 Å². The van der Waals surface area contributed by atoms with Crippen LogP contribution in [0.25, 0.3) is 0 Å². The minimum atomic E-state index is -0.130. The molecule has 1 unspecified atom stereocenters. The van der Waals surface area contributed by atoms with E-state index in [9.17, 15) is 0 Å². The number of methoxy groups -OCH3 is 2. The number of tetrazole rings is 1. The fourth-order valence-electron chi connectivity index (χ4n) is 5.53. The third-order valence-corrected chi connectivity index (χ3v) is 7.26. The summed E-state index contributed by atoms with van der Waals surface area (Å²) in [4.78, 5) is 5.17. The van der Waals surface area contributed by atoms with E-state index in [-0.39, 0.29) is 18.4 Å². The third-order valence-electron chi connectivity index (χ3n) is 7.26. The quantitative estimate of drug-likeness (QED) is 0.467. The molecule has 0 spiro atoms. The van der Waals surface area contributed by atoms with E-state index in [1.54, 1.807) is 14.2 Å². The van der Waals surface area contributed by atoms with Gasteiger partial charge in [0, 0.05) is 37.8 Å². The Labute approximate surface area is 213 Å². The molecule has 2 aliphatic rings. The molecule has 0 bridgehead atoms. The second-order valence-electron chi connectivity index (χ2n) is 9.18. The van der Waals surface area contributed by atoms with Gasteiger partial charge in [-0.15, -0.1) is 17.5 Å². The summed E-state index contributed by atoms with van der Waals surface area (Å²) in [5.41, 5.74) is 2.19. The van der Waals surface area contributed by atoms with E-state index in [2.05, 4.69) is 43.5 Å². The average molecular weight is 499 g/mol. The smallest absolute Gasteiger partial charge is 0.173 e. The zero-order valence-electron chi connectivity index (χ0n) is 20.5. The van der Waals surface area contributed by atoms with Crippen molar-refractivity contribution in [3.8, 4) is 11.5 Å². The number of para-hydroxylation sites is 1. The molecule has 1 aliphatic carbocycles. The molecule has 3 aromatic rings. The van der Waals surface area contributed by atoms with Gasteiger partial charge in [-0.25, -0.2) is 4.68 Å². The molecule has 0 radical (unpaired) electrons. The minimum Gasteiger partial charge on any atom is -0.493 e. The van der Waals surface area contributed by atoms with Crippen molar-refractivity contribution < 1.29 is 9.47 Å². The van der Waals surface area contributed by atoms with Crippen LogP contribution in [0.15, 0.2) is 48.5 Å². The van der Waals surface area contributed by atoms with Crippen molar-refractivity contribution >= 4 is 12.4 Å². The Morgan fingerprint density at radius 1 is 0.914 bits per heavy atom. The fourth-order valence-corrected chi connectivity index (χ4v) is 5.53. The highest BCUT2D eigenvalue weighted by Gasteiger charge is 2.35. The highest BCUT2D eigenvalue weighted by Crippen LogP contribution is 2.40. The predicted molar refractivity (Wildman–Crippen MR) is 137 cm³/mol. The number of ether oxygens (including phenoxy) is 2. The number of hydrogen-bond donors (Lipinski definition) is 0. The van der Waals surface area contributed by atoms with Gasteiger partial charge in [-0.2, -0.15) is 0 Å². The predicted octanol–water partition coefficient (Wildman–Crippen LogP) is 3.81. The highest BCUT2D eigenvalue weighted by molar-refractivity contribution is 5.85. The molecule has 35 heavy (non-hydrogen) atoms. The molecule has 5 rings (SSSR count). The summed E-state index contributed by atoms with van der Waals surface area (Å²) in [6.45, 7) is 4.66. The Morgan fingerprint density at radius 3 is 2.34 bits per heavy atom. The lowest BCUT2D eigenvalue weighted by Gasteiger charge is -2.41. The molecule has 1 aromatic heterocycles. The largest absolute Gasteiger partial charge is 0.493 e. The second-order valence-corrected chi connectivity index (χ2v) is 9.18. The number of halogens is 1. The van der Waals surface area contributed by atoms with Gasteiger partial charge in [0.05, 0.1) is 20.8 Å². The van der Waals surface area contributed by atoms with Crippen molar-refractivity contribution in [3.63, 3.8) is 0 Å². The van der Waals surface area contributed by atoms with Crippen molar-refractivity contribution in [2.75, 3.05) is 40.4 Å². The number of nitrogens with zero attached hydrogens (tertiary/aromatic N) is 6. The summed E-state index contributed by atoms with van der Waals surface area (Å²) < 4.78 is 13.4. The molecule has 1 atom stereocenters. The van der Waals surface area contributed by atoms with Gasteiger partial charge in [-0.3, -0.25) is 9.80 Å². The van der Waals surface area contributed by atoms with E-state index in [0.29, 0.717) is 6.54 Å². The molecule has 2 fully saturated rings. The first-order valence-corrected chi connectivity index (χ1v) is 12.3. The molecule has 0 N–H and O–H groups in total. The van der Waals surface area contributed by atoms with Crippen molar-refractivity contribution in [1.29, 1.82) is 0 Å². The van der Waals surface area contributed by atoms with Crippen LogP contribution >= 0.6 is 12.4 Å². The van der Waals surface area contributed by atoms with Gasteiger partial charge in [-0.1, -0.05) is 55.3 Å². The highest BCUT2D eigenvalue weighted by atomic mass is 35.5. The fraction of sp³-hybridized carbons (Fsp3) is 0.500. The van der Waals surface area contributed by atoms with Crippen molar-refractivity contribution in [1.82, 2.24) is 30.0 Å². The minimum absolute atomic E-state index is 0. The Balaban J connectivity index is 0.00000289. The van der Waals surface area contributed by atoms with Crippen molar-refractivity contribution in [2.45, 2.75) is 44.3 Å². The molecular formula is C26H35ClN6O2. The number of hydrogen-bond acceptors (Lipinski definition) is 7. The Bertz CT molecular complexity index is 1060. The van der Waals surface area contributed by atoms with Gasteiger partial charge in [0.2, 0.25) is 0 Å². The van der Waals surface area contributed by atoms with Crippen LogP contribution in [0.5, 0.6) is 11.5 Å². The lowest BCUT2D eigenvalue weighted by molar-refractivity contribution is 0.0763. The molecule has 2 aromatic carbocycles. The van der Waals surface area contributed by atoms with E-state index in [4.69, 9.17) is 9.47 Å². The van der Waals surface area contributed by atoms with Crippen LogP contribution in [0.3, 0.4) is 0 Å². The first-order valence-electron chi connectivity index (χ1n) is 12.3. The monoisotopic (exact) mass is 498 g/mol.